The van der Waals surface area contributed by atoms with Gasteiger partial charge in [-0.2, -0.15) is 0 Å². The van der Waals surface area contributed by atoms with E-state index in [9.17, 15) is 14.9 Å². The Hall–Kier alpha value is -2.89. The van der Waals surface area contributed by atoms with E-state index >= 15 is 0 Å². The summed E-state index contributed by atoms with van der Waals surface area (Å²) in [6, 6.07) is 12.0. The van der Waals surface area contributed by atoms with Gasteiger partial charge in [-0.25, -0.2) is 0 Å². The number of hydrogen-bond donors (Lipinski definition) is 1. The fourth-order valence-corrected chi connectivity index (χ4v) is 2.05. The molecule has 2 aromatic carbocycles. The van der Waals surface area contributed by atoms with Crippen LogP contribution >= 0.6 is 0 Å². The summed E-state index contributed by atoms with van der Waals surface area (Å²) in [6.45, 7) is 3.56. The molecule has 0 radical (unpaired) electrons. The zero-order chi connectivity index (χ0) is 16.8. The first-order chi connectivity index (χ1) is 11.0. The van der Waals surface area contributed by atoms with E-state index < -0.39 is 4.92 Å². The molecule has 0 aromatic heterocycles. The van der Waals surface area contributed by atoms with Crippen molar-refractivity contribution in [1.29, 1.82) is 0 Å². The highest BCUT2D eigenvalue weighted by Gasteiger charge is 2.16. The average molecular weight is 314 g/mol. The molecule has 0 aliphatic heterocycles. The highest BCUT2D eigenvalue weighted by Crippen LogP contribution is 2.27. The SMILES string of the molecule is CCc1ccc(NC(=O)COc2cc(C)ccc2[N+](=O)[O-])cc1. The maximum Gasteiger partial charge on any atom is 0.310 e. The van der Waals surface area contributed by atoms with Crippen molar-refractivity contribution in [2.75, 3.05) is 11.9 Å². The van der Waals surface area contributed by atoms with Gasteiger partial charge >= 0.3 is 5.69 Å². The van der Waals surface area contributed by atoms with Crippen LogP contribution in [0.25, 0.3) is 0 Å². The van der Waals surface area contributed by atoms with Crippen LogP contribution in [0.4, 0.5) is 11.4 Å². The number of amides is 1. The second-order valence-electron chi connectivity index (χ2n) is 5.12. The predicted molar refractivity (Wildman–Crippen MR) is 87.8 cm³/mol. The number of nitro groups is 1. The quantitative estimate of drug-likeness (QED) is 0.653. The maximum atomic E-state index is 11.9. The van der Waals surface area contributed by atoms with Crippen LogP contribution < -0.4 is 10.1 Å². The van der Waals surface area contributed by atoms with Gasteiger partial charge in [-0.1, -0.05) is 25.1 Å². The van der Waals surface area contributed by atoms with Gasteiger partial charge in [-0.05, 0) is 42.7 Å². The Morgan fingerprint density at radius 1 is 1.22 bits per heavy atom. The summed E-state index contributed by atoms with van der Waals surface area (Å²) in [5.41, 5.74) is 2.50. The summed E-state index contributed by atoms with van der Waals surface area (Å²) < 4.78 is 5.30. The molecule has 2 rings (SSSR count). The molecule has 0 bridgehead atoms. The largest absolute Gasteiger partial charge is 0.477 e. The lowest BCUT2D eigenvalue weighted by molar-refractivity contribution is -0.385. The third-order valence-electron chi connectivity index (χ3n) is 3.32. The number of ether oxygens (including phenoxy) is 1. The van der Waals surface area contributed by atoms with Gasteiger partial charge in [0.05, 0.1) is 4.92 Å². The van der Waals surface area contributed by atoms with E-state index in [2.05, 4.69) is 12.2 Å². The number of nitrogens with one attached hydrogen (secondary N) is 1. The molecule has 6 nitrogen and oxygen atoms in total. The molecule has 1 amide bonds. The van der Waals surface area contributed by atoms with E-state index in [4.69, 9.17) is 4.74 Å². The molecule has 0 atom stereocenters. The summed E-state index contributed by atoms with van der Waals surface area (Å²) in [7, 11) is 0. The number of rotatable bonds is 6. The minimum absolute atomic E-state index is 0.0893. The summed E-state index contributed by atoms with van der Waals surface area (Å²) in [5, 5.41) is 13.6. The van der Waals surface area contributed by atoms with E-state index in [1.54, 1.807) is 19.1 Å². The number of aryl methyl sites for hydroxylation is 2. The van der Waals surface area contributed by atoms with Crippen LogP contribution in [0.5, 0.6) is 5.75 Å². The highest BCUT2D eigenvalue weighted by molar-refractivity contribution is 5.91. The van der Waals surface area contributed by atoms with E-state index in [0.29, 0.717) is 5.69 Å². The van der Waals surface area contributed by atoms with Gasteiger partial charge in [0, 0.05) is 11.8 Å². The lowest BCUT2D eigenvalue weighted by Gasteiger charge is -2.09. The summed E-state index contributed by atoms with van der Waals surface area (Å²) in [6.07, 6.45) is 0.925. The molecule has 6 heteroatoms. The molecule has 0 saturated carbocycles. The summed E-state index contributed by atoms with van der Waals surface area (Å²) in [4.78, 5) is 22.3. The van der Waals surface area contributed by atoms with Gasteiger partial charge in [0.2, 0.25) is 0 Å². The van der Waals surface area contributed by atoms with Crippen molar-refractivity contribution in [2.24, 2.45) is 0 Å². The lowest BCUT2D eigenvalue weighted by Crippen LogP contribution is -2.20. The number of nitrogens with zero attached hydrogens (tertiary/aromatic N) is 1. The molecule has 0 aliphatic carbocycles. The van der Waals surface area contributed by atoms with Gasteiger partial charge in [-0.15, -0.1) is 0 Å². The Labute approximate surface area is 134 Å². The topological polar surface area (TPSA) is 81.5 Å². The van der Waals surface area contributed by atoms with Crippen molar-refractivity contribution >= 4 is 17.3 Å². The van der Waals surface area contributed by atoms with Crippen molar-refractivity contribution in [2.45, 2.75) is 20.3 Å². The zero-order valence-corrected chi connectivity index (χ0v) is 13.0. The minimum Gasteiger partial charge on any atom is -0.477 e. The molecule has 0 fully saturated rings. The Bertz CT molecular complexity index is 711. The Morgan fingerprint density at radius 3 is 2.52 bits per heavy atom. The molecule has 0 aliphatic rings. The van der Waals surface area contributed by atoms with Crippen LogP contribution in [-0.2, 0) is 11.2 Å². The summed E-state index contributed by atoms with van der Waals surface area (Å²) in [5.74, 6) is -0.281. The smallest absolute Gasteiger partial charge is 0.310 e. The predicted octanol–water partition coefficient (Wildman–Crippen LogP) is 3.48. The molecule has 0 unspecified atom stereocenters. The van der Waals surface area contributed by atoms with Crippen molar-refractivity contribution in [3.8, 4) is 5.75 Å². The second-order valence-corrected chi connectivity index (χ2v) is 5.12. The molecular weight excluding hydrogens is 296 g/mol. The van der Waals surface area contributed by atoms with E-state index in [-0.39, 0.29) is 24.0 Å². The number of anilines is 1. The van der Waals surface area contributed by atoms with E-state index in [1.807, 2.05) is 24.3 Å². The number of carbonyl (C=O) groups excluding carboxylic acids is 1. The Kier molecular flexibility index (Phi) is 5.30. The fourth-order valence-electron chi connectivity index (χ4n) is 2.05. The first-order valence-corrected chi connectivity index (χ1v) is 7.26. The third-order valence-corrected chi connectivity index (χ3v) is 3.32. The Morgan fingerprint density at radius 2 is 1.91 bits per heavy atom. The van der Waals surface area contributed by atoms with Gasteiger partial charge < -0.3 is 10.1 Å². The Balaban J connectivity index is 1.98. The van der Waals surface area contributed by atoms with Gasteiger partial charge in [0.25, 0.3) is 5.91 Å². The number of benzene rings is 2. The van der Waals surface area contributed by atoms with Crippen molar-refractivity contribution in [3.05, 3.63) is 63.7 Å². The lowest BCUT2D eigenvalue weighted by atomic mass is 10.1. The molecule has 2 aromatic rings. The molecular formula is C17H18N2O4. The van der Waals surface area contributed by atoms with Crippen LogP contribution in [0.2, 0.25) is 0 Å². The van der Waals surface area contributed by atoms with E-state index in [1.165, 1.54) is 11.6 Å². The van der Waals surface area contributed by atoms with Crippen molar-refractivity contribution in [1.82, 2.24) is 0 Å². The van der Waals surface area contributed by atoms with Crippen LogP contribution in [0.3, 0.4) is 0 Å². The average Bonchev–Trinajstić information content (AvgIpc) is 2.53. The fraction of sp³-hybridized carbons (Fsp3) is 0.235. The van der Waals surface area contributed by atoms with Crippen LogP contribution in [-0.4, -0.2) is 17.4 Å². The van der Waals surface area contributed by atoms with Gasteiger partial charge in [0.1, 0.15) is 0 Å². The van der Waals surface area contributed by atoms with Gasteiger partial charge in [-0.3, -0.25) is 14.9 Å². The van der Waals surface area contributed by atoms with Crippen LogP contribution in [0, 0.1) is 17.0 Å². The van der Waals surface area contributed by atoms with Crippen LogP contribution in [0.1, 0.15) is 18.1 Å². The monoisotopic (exact) mass is 314 g/mol. The molecule has 1 N–H and O–H groups in total. The molecule has 120 valence electrons. The first kappa shape index (κ1) is 16.5. The maximum absolute atomic E-state index is 11.9. The van der Waals surface area contributed by atoms with Crippen molar-refractivity contribution < 1.29 is 14.5 Å². The zero-order valence-electron chi connectivity index (χ0n) is 13.0. The summed E-state index contributed by atoms with van der Waals surface area (Å²) >= 11 is 0. The van der Waals surface area contributed by atoms with Crippen LogP contribution in [0.15, 0.2) is 42.5 Å². The number of carbonyl (C=O) groups is 1. The minimum atomic E-state index is -0.532. The molecule has 0 spiro atoms. The van der Waals surface area contributed by atoms with Crippen molar-refractivity contribution in [3.63, 3.8) is 0 Å². The second kappa shape index (κ2) is 7.40. The standard InChI is InChI=1S/C17H18N2O4/c1-3-13-5-7-14(8-6-13)18-17(20)11-23-16-10-12(2)4-9-15(16)19(21)22/h4-10H,3,11H2,1-2H3,(H,18,20). The highest BCUT2D eigenvalue weighted by atomic mass is 16.6. The number of hydrogen-bond acceptors (Lipinski definition) is 4. The third kappa shape index (κ3) is 4.54. The normalized spacial score (nSPS) is 10.2. The number of nitro benzene ring substituents is 1. The molecule has 23 heavy (non-hydrogen) atoms. The van der Waals surface area contributed by atoms with E-state index in [0.717, 1.165) is 12.0 Å². The van der Waals surface area contributed by atoms with Gasteiger partial charge in [0.15, 0.2) is 12.4 Å². The molecule has 0 heterocycles. The molecule has 0 saturated heterocycles. The first-order valence-electron chi connectivity index (χ1n) is 7.26.